The molecular formula is C22H30N4O3. The van der Waals surface area contributed by atoms with Crippen LogP contribution in [0.5, 0.6) is 0 Å². The van der Waals surface area contributed by atoms with Crippen LogP contribution < -0.4 is 10.2 Å². The number of carbonyl (C=O) groups excluding carboxylic acids is 2. The monoisotopic (exact) mass is 398 g/mol. The first-order chi connectivity index (χ1) is 13.7. The zero-order chi connectivity index (χ0) is 21.2. The third kappa shape index (κ3) is 4.78. The van der Waals surface area contributed by atoms with E-state index in [4.69, 9.17) is 4.74 Å². The molecule has 0 fully saturated rings. The van der Waals surface area contributed by atoms with Crippen molar-refractivity contribution in [2.45, 2.75) is 71.6 Å². The van der Waals surface area contributed by atoms with Crippen LogP contribution >= 0.6 is 0 Å². The fourth-order valence-corrected chi connectivity index (χ4v) is 3.57. The fourth-order valence-electron chi connectivity index (χ4n) is 3.57. The summed E-state index contributed by atoms with van der Waals surface area (Å²) in [5.41, 5.74) is 2.38. The Morgan fingerprint density at radius 3 is 2.76 bits per heavy atom. The number of hydrogen-bond donors (Lipinski definition) is 2. The Labute approximate surface area is 171 Å². The van der Waals surface area contributed by atoms with Gasteiger partial charge in [-0.05, 0) is 45.7 Å². The van der Waals surface area contributed by atoms with Crippen LogP contribution in [0.1, 0.15) is 64.2 Å². The van der Waals surface area contributed by atoms with Crippen molar-refractivity contribution in [3.05, 3.63) is 47.5 Å². The van der Waals surface area contributed by atoms with E-state index in [-0.39, 0.29) is 11.9 Å². The molecule has 0 bridgehead atoms. The van der Waals surface area contributed by atoms with Crippen LogP contribution in [0.2, 0.25) is 0 Å². The number of hydrogen-bond acceptors (Lipinski definition) is 4. The Morgan fingerprint density at radius 1 is 1.34 bits per heavy atom. The molecule has 29 heavy (non-hydrogen) atoms. The van der Waals surface area contributed by atoms with Gasteiger partial charge in [0.25, 0.3) is 0 Å². The van der Waals surface area contributed by atoms with Crippen LogP contribution in [0.25, 0.3) is 0 Å². The summed E-state index contributed by atoms with van der Waals surface area (Å²) in [6.45, 7) is 9.16. The van der Waals surface area contributed by atoms with Crippen LogP contribution in [0.15, 0.2) is 30.5 Å². The average Bonchev–Trinajstić information content (AvgIpc) is 3.23. The maximum Gasteiger partial charge on any atom is 0.408 e. The number of carbonyl (C=O) groups is 2. The van der Waals surface area contributed by atoms with E-state index in [1.807, 2.05) is 30.5 Å². The summed E-state index contributed by atoms with van der Waals surface area (Å²) < 4.78 is 5.29. The summed E-state index contributed by atoms with van der Waals surface area (Å²) in [6.07, 6.45) is 3.85. The lowest BCUT2D eigenvalue weighted by atomic mass is 10.1. The Balaban J connectivity index is 1.83. The standard InChI is InChI=1S/C22H30N4O3/c1-6-9-16-13-23-19(25-16)18-12-15-10-7-8-11-17(15)26(18)20(27)14(2)24-21(28)29-22(3,4)5/h7-8,10-11,13-14,18H,6,9,12H2,1-5H3,(H,23,25)(H,24,28). The Bertz CT molecular complexity index is 884. The molecule has 7 nitrogen and oxygen atoms in total. The van der Waals surface area contributed by atoms with Gasteiger partial charge in [0.1, 0.15) is 17.5 Å². The van der Waals surface area contributed by atoms with Crippen molar-refractivity contribution in [1.29, 1.82) is 0 Å². The zero-order valence-electron chi connectivity index (χ0n) is 17.8. The second kappa shape index (κ2) is 8.27. The highest BCUT2D eigenvalue weighted by Gasteiger charge is 2.38. The van der Waals surface area contributed by atoms with Crippen molar-refractivity contribution in [1.82, 2.24) is 15.3 Å². The maximum atomic E-state index is 13.3. The second-order valence-corrected chi connectivity index (χ2v) is 8.47. The summed E-state index contributed by atoms with van der Waals surface area (Å²) in [7, 11) is 0. The molecule has 3 rings (SSSR count). The van der Waals surface area contributed by atoms with E-state index in [2.05, 4.69) is 22.2 Å². The number of para-hydroxylation sites is 1. The van der Waals surface area contributed by atoms with Gasteiger partial charge in [0.15, 0.2) is 0 Å². The van der Waals surface area contributed by atoms with Gasteiger partial charge >= 0.3 is 6.09 Å². The maximum absolute atomic E-state index is 13.3. The molecule has 1 aliphatic heterocycles. The van der Waals surface area contributed by atoms with Crippen molar-refractivity contribution >= 4 is 17.7 Å². The van der Waals surface area contributed by atoms with E-state index in [1.54, 1.807) is 32.6 Å². The first-order valence-electron chi connectivity index (χ1n) is 10.1. The molecule has 2 aromatic rings. The van der Waals surface area contributed by atoms with Gasteiger partial charge in [-0.2, -0.15) is 0 Å². The molecule has 1 aromatic carbocycles. The SMILES string of the molecule is CCCc1cnc(C2Cc3ccccc3N2C(=O)C(C)NC(=O)OC(C)(C)C)[nH]1. The summed E-state index contributed by atoms with van der Waals surface area (Å²) in [5.74, 6) is 0.571. The van der Waals surface area contributed by atoms with E-state index in [0.29, 0.717) is 6.42 Å². The first kappa shape index (κ1) is 20.9. The Hall–Kier alpha value is -2.83. The average molecular weight is 399 g/mol. The third-order valence-corrected chi connectivity index (χ3v) is 4.80. The van der Waals surface area contributed by atoms with Crippen LogP contribution in [0.4, 0.5) is 10.5 Å². The molecule has 0 aliphatic carbocycles. The molecule has 2 N–H and O–H groups in total. The number of ether oxygens (including phenoxy) is 1. The minimum absolute atomic E-state index is 0.195. The number of aromatic nitrogens is 2. The van der Waals surface area contributed by atoms with Gasteiger partial charge in [-0.1, -0.05) is 31.5 Å². The van der Waals surface area contributed by atoms with E-state index in [1.165, 1.54) is 0 Å². The van der Waals surface area contributed by atoms with Gasteiger partial charge in [-0.3, -0.25) is 9.69 Å². The first-order valence-corrected chi connectivity index (χ1v) is 10.1. The number of fused-ring (bicyclic) bond motifs is 1. The number of alkyl carbamates (subject to hydrolysis) is 1. The molecule has 1 aliphatic rings. The number of aryl methyl sites for hydroxylation is 1. The van der Waals surface area contributed by atoms with Crippen molar-refractivity contribution in [2.24, 2.45) is 0 Å². The molecule has 0 saturated heterocycles. The van der Waals surface area contributed by atoms with Crippen molar-refractivity contribution in [3.63, 3.8) is 0 Å². The molecule has 0 spiro atoms. The van der Waals surface area contributed by atoms with Crippen molar-refractivity contribution < 1.29 is 14.3 Å². The molecule has 2 unspecified atom stereocenters. The molecule has 1 aromatic heterocycles. The number of nitrogens with zero attached hydrogens (tertiary/aromatic N) is 2. The molecule has 2 heterocycles. The number of aromatic amines is 1. The summed E-state index contributed by atoms with van der Waals surface area (Å²) in [4.78, 5) is 35.1. The van der Waals surface area contributed by atoms with Crippen LogP contribution in [0.3, 0.4) is 0 Å². The fraction of sp³-hybridized carbons (Fsp3) is 0.500. The molecule has 2 amide bonds. The molecule has 2 atom stereocenters. The minimum atomic E-state index is -0.733. The van der Waals surface area contributed by atoms with E-state index >= 15 is 0 Å². The van der Waals surface area contributed by atoms with Gasteiger partial charge in [0.05, 0.1) is 6.04 Å². The van der Waals surface area contributed by atoms with Gasteiger partial charge in [0, 0.05) is 24.0 Å². The highest BCUT2D eigenvalue weighted by Crippen LogP contribution is 2.39. The number of nitrogens with one attached hydrogen (secondary N) is 2. The highest BCUT2D eigenvalue weighted by molar-refractivity contribution is 6.00. The summed E-state index contributed by atoms with van der Waals surface area (Å²) in [5, 5.41) is 2.66. The quantitative estimate of drug-likeness (QED) is 0.799. The third-order valence-electron chi connectivity index (χ3n) is 4.80. The lowest BCUT2D eigenvalue weighted by Crippen LogP contribution is -2.48. The number of anilines is 1. The minimum Gasteiger partial charge on any atom is -0.444 e. The summed E-state index contributed by atoms with van der Waals surface area (Å²) in [6, 6.07) is 6.88. The molecule has 0 radical (unpaired) electrons. The Morgan fingerprint density at radius 2 is 2.07 bits per heavy atom. The predicted octanol–water partition coefficient (Wildman–Crippen LogP) is 3.91. The molecule has 156 valence electrons. The zero-order valence-corrected chi connectivity index (χ0v) is 17.8. The molecule has 0 saturated carbocycles. The largest absolute Gasteiger partial charge is 0.444 e. The van der Waals surface area contributed by atoms with E-state index in [9.17, 15) is 9.59 Å². The van der Waals surface area contributed by atoms with Crippen LogP contribution in [-0.2, 0) is 22.4 Å². The number of H-pyrrole nitrogens is 1. The molecule has 7 heteroatoms. The topological polar surface area (TPSA) is 87.3 Å². The van der Waals surface area contributed by atoms with Gasteiger partial charge < -0.3 is 15.0 Å². The Kier molecular flexibility index (Phi) is 5.96. The number of rotatable bonds is 5. The van der Waals surface area contributed by atoms with Crippen LogP contribution in [0, 0.1) is 0 Å². The highest BCUT2D eigenvalue weighted by atomic mass is 16.6. The lowest BCUT2D eigenvalue weighted by Gasteiger charge is -2.28. The van der Waals surface area contributed by atoms with Gasteiger partial charge in [-0.25, -0.2) is 9.78 Å². The summed E-state index contributed by atoms with van der Waals surface area (Å²) >= 11 is 0. The number of benzene rings is 1. The molecular weight excluding hydrogens is 368 g/mol. The normalized spacial score (nSPS) is 17.0. The second-order valence-electron chi connectivity index (χ2n) is 8.47. The van der Waals surface area contributed by atoms with Gasteiger partial charge in [0.2, 0.25) is 5.91 Å². The van der Waals surface area contributed by atoms with Gasteiger partial charge in [-0.15, -0.1) is 0 Å². The predicted molar refractivity (Wildman–Crippen MR) is 112 cm³/mol. The smallest absolute Gasteiger partial charge is 0.408 e. The van der Waals surface area contributed by atoms with Crippen molar-refractivity contribution in [2.75, 3.05) is 4.90 Å². The van der Waals surface area contributed by atoms with Crippen LogP contribution in [-0.4, -0.2) is 33.6 Å². The lowest BCUT2D eigenvalue weighted by molar-refractivity contribution is -0.120. The van der Waals surface area contributed by atoms with Crippen molar-refractivity contribution in [3.8, 4) is 0 Å². The van der Waals surface area contributed by atoms with E-state index in [0.717, 1.165) is 35.6 Å². The number of imidazole rings is 1. The van der Waals surface area contributed by atoms with E-state index < -0.39 is 17.7 Å². The number of amides is 2.